The molecule has 0 aromatic heterocycles. The van der Waals surface area contributed by atoms with Gasteiger partial charge in [-0.3, -0.25) is 4.79 Å². The van der Waals surface area contributed by atoms with Crippen LogP contribution < -0.4 is 10.0 Å². The van der Waals surface area contributed by atoms with Crippen LogP contribution in [-0.2, 0) is 10.0 Å². The fourth-order valence-corrected chi connectivity index (χ4v) is 2.50. The number of hydrogen-bond acceptors (Lipinski definition) is 3. The Morgan fingerprint density at radius 3 is 2.33 bits per heavy atom. The standard InChI is InChI=1S/C15H22N2O3S/c1-5-11-16-21(19,20)13-9-7-12(8-10-13)14(18)17-15(3,4)6-2/h5,7-10,16H,1,6,11H2,2-4H3,(H,17,18). The van der Waals surface area contributed by atoms with E-state index in [0.29, 0.717) is 5.56 Å². The quantitative estimate of drug-likeness (QED) is 0.757. The molecule has 116 valence electrons. The zero-order valence-corrected chi connectivity index (χ0v) is 13.5. The highest BCUT2D eigenvalue weighted by atomic mass is 32.2. The molecule has 6 heteroatoms. The lowest BCUT2D eigenvalue weighted by atomic mass is 10.0. The molecule has 1 aromatic rings. The number of hydrogen-bond donors (Lipinski definition) is 2. The smallest absolute Gasteiger partial charge is 0.251 e. The first-order chi connectivity index (χ1) is 9.72. The first-order valence-electron chi connectivity index (χ1n) is 6.75. The molecule has 0 unspecified atom stereocenters. The van der Waals surface area contributed by atoms with Crippen LogP contribution in [0, 0.1) is 0 Å². The van der Waals surface area contributed by atoms with Crippen LogP contribution in [0.3, 0.4) is 0 Å². The fraction of sp³-hybridized carbons (Fsp3) is 0.400. The Balaban J connectivity index is 2.88. The van der Waals surface area contributed by atoms with E-state index < -0.39 is 10.0 Å². The highest BCUT2D eigenvalue weighted by Gasteiger charge is 2.19. The summed E-state index contributed by atoms with van der Waals surface area (Å²) in [6.07, 6.45) is 2.27. The molecule has 0 radical (unpaired) electrons. The van der Waals surface area contributed by atoms with Crippen LogP contribution >= 0.6 is 0 Å². The first kappa shape index (κ1) is 17.4. The van der Waals surface area contributed by atoms with E-state index in [9.17, 15) is 13.2 Å². The van der Waals surface area contributed by atoms with Crippen LogP contribution in [0.15, 0.2) is 41.8 Å². The Labute approximate surface area is 126 Å². The molecule has 0 fully saturated rings. The van der Waals surface area contributed by atoms with Gasteiger partial charge in [0.05, 0.1) is 4.90 Å². The topological polar surface area (TPSA) is 75.3 Å². The Morgan fingerprint density at radius 2 is 1.86 bits per heavy atom. The van der Waals surface area contributed by atoms with E-state index in [-0.39, 0.29) is 22.9 Å². The molecule has 0 saturated heterocycles. The van der Waals surface area contributed by atoms with Crippen molar-refractivity contribution < 1.29 is 13.2 Å². The molecule has 1 rings (SSSR count). The molecule has 0 aliphatic heterocycles. The van der Waals surface area contributed by atoms with Gasteiger partial charge in [-0.15, -0.1) is 6.58 Å². The van der Waals surface area contributed by atoms with Gasteiger partial charge in [0.2, 0.25) is 10.0 Å². The molecular weight excluding hydrogens is 288 g/mol. The number of carbonyl (C=O) groups excluding carboxylic acids is 1. The zero-order chi connectivity index (χ0) is 16.1. The fourth-order valence-electron chi connectivity index (χ4n) is 1.51. The molecule has 0 aliphatic carbocycles. The minimum Gasteiger partial charge on any atom is -0.347 e. The number of benzene rings is 1. The molecule has 0 heterocycles. The van der Waals surface area contributed by atoms with E-state index in [0.717, 1.165) is 6.42 Å². The second kappa shape index (κ2) is 6.87. The van der Waals surface area contributed by atoms with Crippen LogP contribution in [0.4, 0.5) is 0 Å². The van der Waals surface area contributed by atoms with Crippen LogP contribution in [0.5, 0.6) is 0 Å². The van der Waals surface area contributed by atoms with Crippen LogP contribution in [0.25, 0.3) is 0 Å². The van der Waals surface area contributed by atoms with Crippen molar-refractivity contribution in [2.45, 2.75) is 37.6 Å². The molecule has 0 bridgehead atoms. The van der Waals surface area contributed by atoms with Crippen molar-refractivity contribution >= 4 is 15.9 Å². The summed E-state index contributed by atoms with van der Waals surface area (Å²) in [6, 6.07) is 5.84. The van der Waals surface area contributed by atoms with Gasteiger partial charge >= 0.3 is 0 Å². The second-order valence-corrected chi connectivity index (χ2v) is 7.12. The van der Waals surface area contributed by atoms with Crippen molar-refractivity contribution in [2.75, 3.05) is 6.54 Å². The van der Waals surface area contributed by atoms with Crippen molar-refractivity contribution in [3.05, 3.63) is 42.5 Å². The summed E-state index contributed by atoms with van der Waals surface area (Å²) in [7, 11) is -3.56. The van der Waals surface area contributed by atoms with Crippen LogP contribution in [0.2, 0.25) is 0 Å². The Morgan fingerprint density at radius 1 is 1.29 bits per heavy atom. The monoisotopic (exact) mass is 310 g/mol. The maximum Gasteiger partial charge on any atom is 0.251 e. The van der Waals surface area contributed by atoms with E-state index in [4.69, 9.17) is 0 Å². The third-order valence-corrected chi connectivity index (χ3v) is 4.62. The highest BCUT2D eigenvalue weighted by molar-refractivity contribution is 7.89. The SMILES string of the molecule is C=CCNS(=O)(=O)c1ccc(C(=O)NC(C)(C)CC)cc1. The van der Waals surface area contributed by atoms with Gasteiger partial charge in [-0.1, -0.05) is 13.0 Å². The Bertz CT molecular complexity index is 604. The third kappa shape index (κ3) is 4.99. The highest BCUT2D eigenvalue weighted by Crippen LogP contribution is 2.13. The van der Waals surface area contributed by atoms with Gasteiger partial charge in [0, 0.05) is 17.6 Å². The molecular formula is C15H22N2O3S. The summed E-state index contributed by atoms with van der Waals surface area (Å²) < 4.78 is 26.2. The summed E-state index contributed by atoms with van der Waals surface area (Å²) in [4.78, 5) is 12.2. The zero-order valence-electron chi connectivity index (χ0n) is 12.6. The summed E-state index contributed by atoms with van der Waals surface area (Å²) >= 11 is 0. The average Bonchev–Trinajstić information content (AvgIpc) is 2.45. The normalized spacial score (nSPS) is 12.0. The average molecular weight is 310 g/mol. The van der Waals surface area contributed by atoms with Crippen molar-refractivity contribution in [1.82, 2.24) is 10.0 Å². The Hall–Kier alpha value is -1.66. The second-order valence-electron chi connectivity index (χ2n) is 5.36. The van der Waals surface area contributed by atoms with Crippen LogP contribution in [0.1, 0.15) is 37.6 Å². The van der Waals surface area contributed by atoms with Gasteiger partial charge in [-0.05, 0) is 44.5 Å². The van der Waals surface area contributed by atoms with Gasteiger partial charge in [-0.2, -0.15) is 0 Å². The Kier molecular flexibility index (Phi) is 5.69. The van der Waals surface area contributed by atoms with E-state index in [1.54, 1.807) is 0 Å². The van der Waals surface area contributed by atoms with Crippen molar-refractivity contribution in [3.8, 4) is 0 Å². The maximum absolute atomic E-state index is 12.1. The predicted molar refractivity (Wildman–Crippen MR) is 83.7 cm³/mol. The molecule has 0 saturated carbocycles. The van der Waals surface area contributed by atoms with Gasteiger partial charge < -0.3 is 5.32 Å². The lowest BCUT2D eigenvalue weighted by Crippen LogP contribution is -2.42. The van der Waals surface area contributed by atoms with Crippen molar-refractivity contribution in [1.29, 1.82) is 0 Å². The van der Waals surface area contributed by atoms with Crippen molar-refractivity contribution in [2.24, 2.45) is 0 Å². The molecule has 0 spiro atoms. The van der Waals surface area contributed by atoms with Crippen molar-refractivity contribution in [3.63, 3.8) is 0 Å². The van der Waals surface area contributed by atoms with E-state index in [1.807, 2.05) is 20.8 Å². The van der Waals surface area contributed by atoms with Gasteiger partial charge in [0.25, 0.3) is 5.91 Å². The van der Waals surface area contributed by atoms with Gasteiger partial charge in [-0.25, -0.2) is 13.1 Å². The van der Waals surface area contributed by atoms with Gasteiger partial charge in [0.1, 0.15) is 0 Å². The minimum atomic E-state index is -3.56. The molecule has 5 nitrogen and oxygen atoms in total. The number of nitrogens with one attached hydrogen (secondary N) is 2. The number of amides is 1. The van der Waals surface area contributed by atoms with E-state index in [1.165, 1.54) is 30.3 Å². The minimum absolute atomic E-state index is 0.121. The largest absolute Gasteiger partial charge is 0.347 e. The van der Waals surface area contributed by atoms with Gasteiger partial charge in [0.15, 0.2) is 0 Å². The summed E-state index contributed by atoms with van der Waals surface area (Å²) in [5, 5.41) is 2.90. The summed E-state index contributed by atoms with van der Waals surface area (Å²) in [5.74, 6) is -0.218. The molecule has 0 atom stereocenters. The number of rotatable bonds is 7. The first-order valence-corrected chi connectivity index (χ1v) is 8.23. The van der Waals surface area contributed by atoms with E-state index >= 15 is 0 Å². The number of carbonyl (C=O) groups is 1. The lowest BCUT2D eigenvalue weighted by Gasteiger charge is -2.24. The molecule has 2 N–H and O–H groups in total. The van der Waals surface area contributed by atoms with E-state index in [2.05, 4.69) is 16.6 Å². The maximum atomic E-state index is 12.1. The van der Waals surface area contributed by atoms with Crippen LogP contribution in [-0.4, -0.2) is 26.4 Å². The number of sulfonamides is 1. The summed E-state index contributed by atoms with van der Waals surface area (Å²) in [6.45, 7) is 9.47. The molecule has 1 amide bonds. The lowest BCUT2D eigenvalue weighted by molar-refractivity contribution is 0.0911. The summed E-state index contributed by atoms with van der Waals surface area (Å²) in [5.41, 5.74) is 0.132. The molecule has 0 aliphatic rings. The molecule has 1 aromatic carbocycles. The molecule has 21 heavy (non-hydrogen) atoms. The predicted octanol–water partition coefficient (Wildman–Crippen LogP) is 2.07. The third-order valence-electron chi connectivity index (χ3n) is 3.18.